The van der Waals surface area contributed by atoms with E-state index in [9.17, 15) is 36.7 Å². The molecule has 2 aromatic rings. The zero-order valence-electron chi connectivity index (χ0n) is 18.4. The number of nitrogens with zero attached hydrogens (tertiary/aromatic N) is 2. The monoisotopic (exact) mass is 492 g/mol. The van der Waals surface area contributed by atoms with E-state index < -0.39 is 66.7 Å². The van der Waals surface area contributed by atoms with Gasteiger partial charge in [-0.05, 0) is 42.3 Å². The van der Waals surface area contributed by atoms with Crippen LogP contribution >= 0.6 is 0 Å². The minimum absolute atomic E-state index is 0.149. The van der Waals surface area contributed by atoms with Crippen LogP contribution in [0.2, 0.25) is 0 Å². The second kappa shape index (κ2) is 8.36. The summed E-state index contributed by atoms with van der Waals surface area (Å²) >= 11 is 0. The van der Waals surface area contributed by atoms with E-state index in [-0.39, 0.29) is 22.4 Å². The first-order valence-electron chi connectivity index (χ1n) is 10.5. The number of rotatable bonds is 5. The molecule has 8 nitrogen and oxygen atoms in total. The van der Waals surface area contributed by atoms with Crippen molar-refractivity contribution in [2.75, 3.05) is 12.3 Å². The molecule has 35 heavy (non-hydrogen) atoms. The normalized spacial score (nSPS) is 20.3. The zero-order chi connectivity index (χ0) is 25.7. The molecule has 4 rings (SSSR count). The molecule has 2 unspecified atom stereocenters. The molecule has 4 amide bonds. The smallest absolute Gasteiger partial charge is 0.399 e. The fraction of sp³-hybridized carbons (Fsp3) is 0.304. The summed E-state index contributed by atoms with van der Waals surface area (Å²) in [6.45, 7) is -0.743. The van der Waals surface area contributed by atoms with E-state index in [0.717, 1.165) is 19.1 Å². The fourth-order valence-electron chi connectivity index (χ4n) is 4.30. The van der Waals surface area contributed by atoms with Crippen molar-refractivity contribution in [2.24, 2.45) is 0 Å². The summed E-state index contributed by atoms with van der Waals surface area (Å²) in [7, 11) is 0. The van der Waals surface area contributed by atoms with Crippen molar-refractivity contribution in [1.82, 2.24) is 15.1 Å². The highest BCUT2D eigenvalue weighted by Gasteiger charge is 2.58. The van der Waals surface area contributed by atoms with E-state index in [1.54, 1.807) is 0 Å². The lowest BCUT2D eigenvalue weighted by atomic mass is 9.91. The van der Waals surface area contributed by atoms with Gasteiger partial charge in [-0.1, -0.05) is 18.2 Å². The number of alkyl halides is 3. The molecule has 12 heteroatoms. The third kappa shape index (κ3) is 4.19. The van der Waals surface area contributed by atoms with Gasteiger partial charge in [-0.3, -0.25) is 19.3 Å². The Morgan fingerprint density at radius 1 is 1.17 bits per heavy atom. The van der Waals surface area contributed by atoms with Crippen LogP contribution in [0.15, 0.2) is 42.5 Å². The Kier molecular flexibility index (Phi) is 5.78. The Balaban J connectivity index is 1.61. The summed E-state index contributed by atoms with van der Waals surface area (Å²) in [5.41, 5.74) is 4.80. The molecular formula is C23H20F4N4O4. The Morgan fingerprint density at radius 2 is 1.83 bits per heavy atom. The molecule has 1 aliphatic heterocycles. The average molecular weight is 492 g/mol. The van der Waals surface area contributed by atoms with Crippen LogP contribution in [0.25, 0.3) is 0 Å². The number of nitrogens with one attached hydrogen (secondary N) is 1. The van der Waals surface area contributed by atoms with E-state index in [4.69, 9.17) is 5.73 Å². The summed E-state index contributed by atoms with van der Waals surface area (Å²) in [5.74, 6) is -3.12. The minimum atomic E-state index is -4.80. The maximum Gasteiger partial charge on any atom is 0.408 e. The minimum Gasteiger partial charge on any atom is -0.399 e. The number of carbonyl (C=O) groups excluding carboxylic acids is 4. The van der Waals surface area contributed by atoms with E-state index in [1.165, 1.54) is 30.3 Å². The molecule has 2 atom stereocenters. The first-order valence-corrected chi connectivity index (χ1v) is 10.5. The number of fused-ring (bicyclic) bond motifs is 2. The lowest BCUT2D eigenvalue weighted by Crippen LogP contribution is -2.51. The first-order chi connectivity index (χ1) is 16.3. The van der Waals surface area contributed by atoms with Crippen LogP contribution in [0.5, 0.6) is 0 Å². The van der Waals surface area contributed by atoms with Gasteiger partial charge in [0.2, 0.25) is 5.91 Å². The predicted molar refractivity (Wildman–Crippen MR) is 114 cm³/mol. The highest BCUT2D eigenvalue weighted by atomic mass is 19.4. The van der Waals surface area contributed by atoms with Gasteiger partial charge < -0.3 is 16.0 Å². The number of Topliss-reactive ketones (excluding diaryl/α,β-unsaturated/α-hetero) is 1. The van der Waals surface area contributed by atoms with Crippen molar-refractivity contribution in [2.45, 2.75) is 37.6 Å². The van der Waals surface area contributed by atoms with Crippen LogP contribution in [-0.4, -0.2) is 52.2 Å². The molecule has 2 aromatic carbocycles. The van der Waals surface area contributed by atoms with Crippen LogP contribution < -0.4 is 11.1 Å². The van der Waals surface area contributed by atoms with Crippen LogP contribution in [-0.2, 0) is 21.7 Å². The van der Waals surface area contributed by atoms with E-state index in [1.807, 2.05) is 0 Å². The van der Waals surface area contributed by atoms with Crippen molar-refractivity contribution in [1.29, 1.82) is 0 Å². The Labute approximate surface area is 196 Å². The van der Waals surface area contributed by atoms with Gasteiger partial charge in [-0.2, -0.15) is 13.2 Å². The van der Waals surface area contributed by atoms with Crippen molar-refractivity contribution in [3.63, 3.8) is 0 Å². The van der Waals surface area contributed by atoms with Crippen LogP contribution in [0.1, 0.15) is 34.8 Å². The van der Waals surface area contributed by atoms with Crippen molar-refractivity contribution in [3.05, 3.63) is 65.0 Å². The van der Waals surface area contributed by atoms with Gasteiger partial charge in [-0.25, -0.2) is 9.18 Å². The number of carbonyl (C=O) groups is 4. The van der Waals surface area contributed by atoms with Gasteiger partial charge in [0, 0.05) is 24.2 Å². The lowest BCUT2D eigenvalue weighted by Gasteiger charge is -2.32. The van der Waals surface area contributed by atoms with Crippen molar-refractivity contribution >= 4 is 29.3 Å². The summed E-state index contributed by atoms with van der Waals surface area (Å²) in [4.78, 5) is 52.4. The van der Waals surface area contributed by atoms with E-state index >= 15 is 0 Å². The average Bonchev–Trinajstić information content (AvgIpc) is 3.19. The number of hydrogen-bond donors (Lipinski definition) is 2. The molecule has 0 saturated carbocycles. The maximum absolute atomic E-state index is 13.5. The number of nitrogen functional groups attached to an aromatic ring is 1. The Bertz CT molecular complexity index is 1230. The molecule has 0 radical (unpaired) electrons. The summed E-state index contributed by atoms with van der Waals surface area (Å²) in [5, 5.41) is 2.44. The van der Waals surface area contributed by atoms with Gasteiger partial charge in [-0.15, -0.1) is 0 Å². The molecule has 0 aromatic heterocycles. The molecule has 1 fully saturated rings. The lowest BCUT2D eigenvalue weighted by molar-refractivity contribution is -0.187. The standard InChI is InChI=1S/C23H20F4N4O4/c1-12(23(25,26)27)30(10-13-2-4-14(24)5-3-13)19(33)11-31-20(34)22(29-21(31)35)9-18(32)16-8-15(28)6-7-17(16)22/h2-8,12H,9-11,28H2,1H3,(H,29,35). The summed E-state index contributed by atoms with van der Waals surface area (Å²) < 4.78 is 53.7. The molecule has 1 saturated heterocycles. The van der Waals surface area contributed by atoms with Crippen molar-refractivity contribution < 1.29 is 36.7 Å². The second-order valence-corrected chi connectivity index (χ2v) is 8.50. The quantitative estimate of drug-likeness (QED) is 0.379. The summed E-state index contributed by atoms with van der Waals surface area (Å²) in [6.07, 6.45) is -5.20. The maximum atomic E-state index is 13.5. The largest absolute Gasteiger partial charge is 0.408 e. The molecule has 1 heterocycles. The Hall–Kier alpha value is -3.96. The van der Waals surface area contributed by atoms with Gasteiger partial charge in [0.25, 0.3) is 5.91 Å². The molecule has 3 N–H and O–H groups in total. The zero-order valence-corrected chi connectivity index (χ0v) is 18.4. The van der Waals surface area contributed by atoms with Crippen LogP contribution in [0, 0.1) is 5.82 Å². The molecule has 184 valence electrons. The van der Waals surface area contributed by atoms with Crippen LogP contribution in [0.4, 0.5) is 28.0 Å². The number of hydrogen-bond acceptors (Lipinski definition) is 5. The first kappa shape index (κ1) is 24.2. The number of urea groups is 1. The topological polar surface area (TPSA) is 113 Å². The molecule has 1 spiro atoms. The highest BCUT2D eigenvalue weighted by Crippen LogP contribution is 2.42. The third-order valence-electron chi connectivity index (χ3n) is 6.23. The molecule has 0 bridgehead atoms. The number of halogens is 4. The number of imide groups is 1. The number of ketones is 1. The number of amides is 4. The number of nitrogens with two attached hydrogens (primary N) is 1. The summed E-state index contributed by atoms with van der Waals surface area (Å²) in [6, 6.07) is 5.51. The van der Waals surface area contributed by atoms with Gasteiger partial charge in [0.05, 0.1) is 0 Å². The molecule has 1 aliphatic carbocycles. The Morgan fingerprint density at radius 3 is 2.46 bits per heavy atom. The predicted octanol–water partition coefficient (Wildman–Crippen LogP) is 2.72. The number of benzene rings is 2. The van der Waals surface area contributed by atoms with E-state index in [0.29, 0.717) is 9.80 Å². The van der Waals surface area contributed by atoms with Gasteiger partial charge >= 0.3 is 12.2 Å². The number of anilines is 1. The van der Waals surface area contributed by atoms with E-state index in [2.05, 4.69) is 5.32 Å². The van der Waals surface area contributed by atoms with Gasteiger partial charge in [0.1, 0.15) is 18.4 Å². The molecule has 2 aliphatic rings. The SMILES string of the molecule is CC(N(Cc1ccc(F)cc1)C(=O)CN1C(=O)NC2(CC(=O)c3cc(N)ccc32)C1=O)C(F)(F)F. The fourth-order valence-corrected chi connectivity index (χ4v) is 4.30. The second-order valence-electron chi connectivity index (χ2n) is 8.50. The molecular weight excluding hydrogens is 472 g/mol. The highest BCUT2D eigenvalue weighted by molar-refractivity contribution is 6.16. The van der Waals surface area contributed by atoms with Crippen LogP contribution in [0.3, 0.4) is 0 Å². The third-order valence-corrected chi connectivity index (χ3v) is 6.23. The van der Waals surface area contributed by atoms with Gasteiger partial charge in [0.15, 0.2) is 11.3 Å². The van der Waals surface area contributed by atoms with Crippen molar-refractivity contribution in [3.8, 4) is 0 Å².